The summed E-state index contributed by atoms with van der Waals surface area (Å²) < 4.78 is 16.0. The highest BCUT2D eigenvalue weighted by Gasteiger charge is 2.72. The number of carboxylic acids is 1. The van der Waals surface area contributed by atoms with Crippen LogP contribution in [0.15, 0.2) is 24.0 Å². The summed E-state index contributed by atoms with van der Waals surface area (Å²) in [5.74, 6) is 0.563. The summed E-state index contributed by atoms with van der Waals surface area (Å²) >= 11 is 6.51. The molecule has 0 amide bonds. The standard InChI is InChI=1S/C39H62ClN3O4/c1-23(2)25(5)35(7)15-16-36(8)27-11-12-30-34(6)17-29(43-19-26(40)18-42-43)32(47-21-38(10,41)24(3)4)39(30,22-46-20-34)28(27)13-14-37(36,9)31(35)33(44)45/h13,18-19,23-25,27,29-32H,11-12,14-17,20-22,41H2,1-10H3,(H,44,45)/t25-,27+,29-,30-,31-,32+,34-,35-,36-,37+,38+,39+/m1/s1. The van der Waals surface area contributed by atoms with Crippen LogP contribution < -0.4 is 5.73 Å². The molecule has 1 aliphatic heterocycles. The first-order valence-corrected chi connectivity index (χ1v) is 18.8. The number of aromatic nitrogens is 2. The molecule has 0 aromatic carbocycles. The summed E-state index contributed by atoms with van der Waals surface area (Å²) in [5, 5.41) is 16.5. The van der Waals surface area contributed by atoms with Crippen LogP contribution in [0, 0.1) is 62.6 Å². The van der Waals surface area contributed by atoms with E-state index in [0.29, 0.717) is 36.0 Å². The first kappa shape index (κ1) is 35.4. The Bertz CT molecular complexity index is 1410. The maximum absolute atomic E-state index is 13.5. The Morgan fingerprint density at radius 2 is 1.85 bits per heavy atom. The second-order valence-electron chi connectivity index (χ2n) is 18.7. The molecule has 6 rings (SSSR count). The molecule has 2 bridgehead atoms. The predicted octanol–water partition coefficient (Wildman–Crippen LogP) is 8.42. The summed E-state index contributed by atoms with van der Waals surface area (Å²) in [6.07, 6.45) is 11.7. The molecule has 0 unspecified atom stereocenters. The van der Waals surface area contributed by atoms with Gasteiger partial charge in [0.2, 0.25) is 0 Å². The Kier molecular flexibility index (Phi) is 8.72. The van der Waals surface area contributed by atoms with Crippen LogP contribution in [0.5, 0.6) is 0 Å². The van der Waals surface area contributed by atoms with Gasteiger partial charge in [0, 0.05) is 17.2 Å². The fourth-order valence-electron chi connectivity index (χ4n) is 12.0. The van der Waals surface area contributed by atoms with Gasteiger partial charge in [0.25, 0.3) is 0 Å². The number of carbonyl (C=O) groups is 1. The molecule has 47 heavy (non-hydrogen) atoms. The number of fused-ring (bicyclic) bond motifs is 3. The van der Waals surface area contributed by atoms with Crippen molar-refractivity contribution in [1.29, 1.82) is 0 Å². The number of nitrogens with two attached hydrogens (primary N) is 1. The minimum Gasteiger partial charge on any atom is -0.481 e. The molecular formula is C39H62ClN3O4. The maximum atomic E-state index is 13.5. The zero-order valence-electron chi connectivity index (χ0n) is 30.7. The van der Waals surface area contributed by atoms with Gasteiger partial charge in [0.1, 0.15) is 0 Å². The van der Waals surface area contributed by atoms with Crippen LogP contribution >= 0.6 is 11.6 Å². The largest absolute Gasteiger partial charge is 0.481 e. The quantitative estimate of drug-likeness (QED) is 0.269. The number of carboxylic acid groups (broad SMARTS) is 1. The number of ether oxygens (including phenoxy) is 2. The molecular weight excluding hydrogens is 610 g/mol. The van der Waals surface area contributed by atoms with Gasteiger partial charge >= 0.3 is 5.97 Å². The monoisotopic (exact) mass is 671 g/mol. The van der Waals surface area contributed by atoms with Gasteiger partial charge in [-0.2, -0.15) is 5.10 Å². The molecule has 0 spiro atoms. The molecule has 1 saturated heterocycles. The van der Waals surface area contributed by atoms with Crippen molar-refractivity contribution in [3.05, 3.63) is 29.1 Å². The number of rotatable bonds is 8. The van der Waals surface area contributed by atoms with E-state index in [9.17, 15) is 9.90 Å². The molecule has 12 atom stereocenters. The van der Waals surface area contributed by atoms with Crippen LogP contribution in [0.1, 0.15) is 114 Å². The molecule has 4 aliphatic carbocycles. The van der Waals surface area contributed by atoms with Crippen molar-refractivity contribution in [3.63, 3.8) is 0 Å². The van der Waals surface area contributed by atoms with Crippen LogP contribution in [-0.4, -0.2) is 52.3 Å². The normalized spacial score (nSPS) is 45.0. The van der Waals surface area contributed by atoms with Crippen molar-refractivity contribution >= 4 is 17.6 Å². The molecule has 5 aliphatic rings. The second kappa shape index (κ2) is 11.6. The highest BCUT2D eigenvalue weighted by atomic mass is 35.5. The number of nitrogens with zero attached hydrogens (tertiary/aromatic N) is 2. The van der Waals surface area contributed by atoms with E-state index in [2.05, 4.69) is 80.0 Å². The highest BCUT2D eigenvalue weighted by molar-refractivity contribution is 6.30. The molecule has 3 N–H and O–H groups in total. The van der Waals surface area contributed by atoms with Gasteiger partial charge in [-0.3, -0.25) is 9.48 Å². The van der Waals surface area contributed by atoms with Gasteiger partial charge < -0.3 is 20.3 Å². The smallest absolute Gasteiger partial charge is 0.307 e. The Balaban J connectivity index is 1.51. The molecule has 3 saturated carbocycles. The lowest BCUT2D eigenvalue weighted by atomic mass is 9.34. The number of hydrogen-bond donors (Lipinski definition) is 2. The summed E-state index contributed by atoms with van der Waals surface area (Å²) in [6.45, 7) is 24.4. The molecule has 4 fully saturated rings. The molecule has 264 valence electrons. The average molecular weight is 672 g/mol. The van der Waals surface area contributed by atoms with Gasteiger partial charge in [-0.25, -0.2) is 0 Å². The minimum atomic E-state index is -0.629. The maximum Gasteiger partial charge on any atom is 0.307 e. The van der Waals surface area contributed by atoms with E-state index < -0.39 is 17.4 Å². The van der Waals surface area contributed by atoms with Crippen molar-refractivity contribution in [2.45, 2.75) is 125 Å². The lowest BCUT2D eigenvalue weighted by molar-refractivity contribution is -0.254. The fraction of sp³-hybridized carbons (Fsp3) is 0.846. The van der Waals surface area contributed by atoms with E-state index in [0.717, 1.165) is 45.1 Å². The lowest BCUT2D eigenvalue weighted by Crippen LogP contribution is -2.70. The minimum absolute atomic E-state index is 0.0234. The SMILES string of the molecule is CC(C)[C@@H](C)[C@@]1(C)CC[C@]2(C)[C@H]3CC[C@@H]4[C@@]5(C)COC[C@@]4(C3=CC[C@@]2(C)[C@@H]1C(=O)O)[C@@H](OC[C@](C)(N)C(C)C)[C@H](n1cc(Cl)cn1)C5. The molecule has 8 heteroatoms. The van der Waals surface area contributed by atoms with E-state index in [1.165, 1.54) is 5.57 Å². The molecule has 0 radical (unpaired) electrons. The van der Waals surface area contributed by atoms with Crippen molar-refractivity contribution in [2.75, 3.05) is 19.8 Å². The zero-order valence-corrected chi connectivity index (χ0v) is 31.5. The third-order valence-corrected chi connectivity index (χ3v) is 16.0. The second-order valence-corrected chi connectivity index (χ2v) is 19.1. The van der Waals surface area contributed by atoms with Gasteiger partial charge in [-0.15, -0.1) is 0 Å². The lowest BCUT2D eigenvalue weighted by Gasteiger charge is -2.71. The molecule has 1 aromatic rings. The summed E-state index contributed by atoms with van der Waals surface area (Å²) in [7, 11) is 0. The number of allylic oxidation sites excluding steroid dienone is 1. The van der Waals surface area contributed by atoms with Crippen molar-refractivity contribution in [1.82, 2.24) is 9.78 Å². The zero-order chi connectivity index (χ0) is 34.5. The Hall–Kier alpha value is -1.41. The summed E-state index contributed by atoms with van der Waals surface area (Å²) in [4.78, 5) is 13.5. The molecule has 7 nitrogen and oxygen atoms in total. The van der Waals surface area contributed by atoms with Gasteiger partial charge in [-0.05, 0) is 96.7 Å². The topological polar surface area (TPSA) is 99.6 Å². The van der Waals surface area contributed by atoms with Crippen LogP contribution in [0.3, 0.4) is 0 Å². The van der Waals surface area contributed by atoms with Crippen LogP contribution in [0.25, 0.3) is 0 Å². The van der Waals surface area contributed by atoms with Crippen LogP contribution in [0.4, 0.5) is 0 Å². The van der Waals surface area contributed by atoms with Crippen LogP contribution in [-0.2, 0) is 14.3 Å². The first-order valence-electron chi connectivity index (χ1n) is 18.4. The van der Waals surface area contributed by atoms with E-state index in [-0.39, 0.29) is 51.1 Å². The predicted molar refractivity (Wildman–Crippen MR) is 187 cm³/mol. The molecule has 1 aromatic heterocycles. The van der Waals surface area contributed by atoms with E-state index in [4.69, 9.17) is 31.9 Å². The van der Waals surface area contributed by atoms with E-state index in [1.54, 1.807) is 6.20 Å². The first-order chi connectivity index (χ1) is 21.8. The number of hydrogen-bond acceptors (Lipinski definition) is 5. The van der Waals surface area contributed by atoms with Gasteiger partial charge in [0.15, 0.2) is 0 Å². The highest BCUT2D eigenvalue weighted by Crippen LogP contribution is 2.75. The van der Waals surface area contributed by atoms with E-state index in [1.807, 2.05) is 6.20 Å². The third-order valence-electron chi connectivity index (χ3n) is 15.8. The summed E-state index contributed by atoms with van der Waals surface area (Å²) in [6, 6.07) is -0.0234. The van der Waals surface area contributed by atoms with Crippen molar-refractivity contribution < 1.29 is 19.4 Å². The Labute approximate surface area is 288 Å². The Morgan fingerprint density at radius 3 is 2.45 bits per heavy atom. The van der Waals surface area contributed by atoms with E-state index >= 15 is 0 Å². The number of halogens is 1. The number of aliphatic carboxylic acids is 1. The van der Waals surface area contributed by atoms with Gasteiger partial charge in [0.05, 0.1) is 49.1 Å². The van der Waals surface area contributed by atoms with Gasteiger partial charge in [-0.1, -0.05) is 85.6 Å². The Morgan fingerprint density at radius 1 is 1.15 bits per heavy atom. The van der Waals surface area contributed by atoms with Crippen LogP contribution in [0.2, 0.25) is 5.02 Å². The average Bonchev–Trinajstić information content (AvgIpc) is 3.42. The van der Waals surface area contributed by atoms with Crippen molar-refractivity contribution in [2.24, 2.45) is 68.3 Å². The fourth-order valence-corrected chi connectivity index (χ4v) is 12.2. The summed E-state index contributed by atoms with van der Waals surface area (Å²) in [5.41, 5.74) is 6.61. The third kappa shape index (κ3) is 4.97. The molecule has 2 heterocycles. The van der Waals surface area contributed by atoms with Crippen molar-refractivity contribution in [3.8, 4) is 0 Å².